The smallest absolute Gasteiger partial charge is 0.391 e. The number of alkyl halides is 3. The fourth-order valence-electron chi connectivity index (χ4n) is 2.62. The summed E-state index contributed by atoms with van der Waals surface area (Å²) in [4.78, 5) is 4.56. The largest absolute Gasteiger partial charge is 0.495 e. The molecule has 0 amide bonds. The Bertz CT molecular complexity index is 692. The summed E-state index contributed by atoms with van der Waals surface area (Å²) in [6.07, 6.45) is -0.721. The number of imidazole rings is 1. The van der Waals surface area contributed by atoms with Gasteiger partial charge in [0, 0.05) is 12.6 Å². The molecule has 1 heterocycles. The third kappa shape index (κ3) is 3.91. The van der Waals surface area contributed by atoms with Crippen LogP contribution in [0.5, 0.6) is 5.75 Å². The first kappa shape index (κ1) is 18.4. The van der Waals surface area contributed by atoms with Gasteiger partial charge in [0.05, 0.1) is 24.4 Å². The Morgan fingerprint density at radius 2 is 1.92 bits per heavy atom. The lowest BCUT2D eigenvalue weighted by atomic mass is 10.00. The van der Waals surface area contributed by atoms with E-state index in [1.807, 2.05) is 24.6 Å². The summed E-state index contributed by atoms with van der Waals surface area (Å²) >= 11 is 0. The molecule has 0 bridgehead atoms. The summed E-state index contributed by atoms with van der Waals surface area (Å²) < 4.78 is 45.6. The molecule has 1 atom stereocenters. The van der Waals surface area contributed by atoms with Crippen LogP contribution in [0.3, 0.4) is 0 Å². The van der Waals surface area contributed by atoms with Crippen molar-refractivity contribution in [3.05, 3.63) is 41.5 Å². The number of hydrogen-bond donors (Lipinski definition) is 0. The Balaban J connectivity index is 2.38. The van der Waals surface area contributed by atoms with E-state index in [0.717, 1.165) is 30.0 Å². The van der Waals surface area contributed by atoms with E-state index in [1.54, 1.807) is 18.2 Å². The second-order valence-electron chi connectivity index (χ2n) is 5.88. The number of nitrogens with zero attached hydrogens (tertiary/aromatic N) is 2. The van der Waals surface area contributed by atoms with Crippen LogP contribution < -0.4 is 4.74 Å². The maximum atomic E-state index is 12.8. The van der Waals surface area contributed by atoms with Crippen LogP contribution in [0.4, 0.5) is 13.2 Å². The minimum absolute atomic E-state index is 0.0646. The summed E-state index contributed by atoms with van der Waals surface area (Å²) in [5.41, 5.74) is 2.38. The van der Waals surface area contributed by atoms with Crippen LogP contribution in [-0.4, -0.2) is 22.8 Å². The predicted molar refractivity (Wildman–Crippen MR) is 87.8 cm³/mol. The first-order valence-corrected chi connectivity index (χ1v) is 8.11. The number of rotatable bonds is 6. The SMILES string of the molecule is CCc1cn(-c2ccc(CC(C)C(F)(F)F)cc2OC)c(CC)n1. The minimum Gasteiger partial charge on any atom is -0.495 e. The van der Waals surface area contributed by atoms with Gasteiger partial charge in [0.1, 0.15) is 11.6 Å². The topological polar surface area (TPSA) is 27.1 Å². The van der Waals surface area contributed by atoms with E-state index in [4.69, 9.17) is 4.74 Å². The lowest BCUT2D eigenvalue weighted by Gasteiger charge is -2.17. The molecule has 132 valence electrons. The Hall–Kier alpha value is -1.98. The molecule has 1 unspecified atom stereocenters. The van der Waals surface area contributed by atoms with E-state index in [-0.39, 0.29) is 6.42 Å². The highest BCUT2D eigenvalue weighted by molar-refractivity contribution is 5.50. The van der Waals surface area contributed by atoms with Crippen molar-refractivity contribution in [3.8, 4) is 11.4 Å². The summed E-state index contributed by atoms with van der Waals surface area (Å²) in [5, 5.41) is 0. The van der Waals surface area contributed by atoms with E-state index >= 15 is 0 Å². The molecule has 6 heteroatoms. The third-order valence-electron chi connectivity index (χ3n) is 4.11. The molecule has 1 aromatic heterocycles. The van der Waals surface area contributed by atoms with Gasteiger partial charge in [-0.1, -0.05) is 26.8 Å². The van der Waals surface area contributed by atoms with Crippen LogP contribution >= 0.6 is 0 Å². The maximum absolute atomic E-state index is 12.8. The molecule has 2 rings (SSSR count). The van der Waals surface area contributed by atoms with Crippen LogP contribution in [0.2, 0.25) is 0 Å². The standard InChI is InChI=1S/C18H23F3N2O/c1-5-14-11-23(17(6-2)22-14)15-8-7-13(10-16(15)24-4)9-12(3)18(19,20)21/h7-8,10-12H,5-6,9H2,1-4H3. The average molecular weight is 340 g/mol. The molecule has 3 nitrogen and oxygen atoms in total. The highest BCUT2D eigenvalue weighted by Gasteiger charge is 2.35. The molecular weight excluding hydrogens is 317 g/mol. The summed E-state index contributed by atoms with van der Waals surface area (Å²) in [6, 6.07) is 5.21. The molecular formula is C18H23F3N2O. The summed E-state index contributed by atoms with van der Waals surface area (Å²) in [5.74, 6) is 0.0670. The number of methoxy groups -OCH3 is 1. The maximum Gasteiger partial charge on any atom is 0.391 e. The zero-order chi connectivity index (χ0) is 17.9. The monoisotopic (exact) mass is 340 g/mol. The number of ether oxygens (including phenoxy) is 1. The highest BCUT2D eigenvalue weighted by atomic mass is 19.4. The molecule has 1 aromatic carbocycles. The minimum atomic E-state index is -4.19. The van der Waals surface area contributed by atoms with Crippen molar-refractivity contribution in [3.63, 3.8) is 0 Å². The Kier molecular flexibility index (Phi) is 5.57. The van der Waals surface area contributed by atoms with Crippen molar-refractivity contribution in [2.75, 3.05) is 7.11 Å². The van der Waals surface area contributed by atoms with Crippen molar-refractivity contribution in [1.29, 1.82) is 0 Å². The van der Waals surface area contributed by atoms with Gasteiger partial charge in [-0.05, 0) is 30.5 Å². The first-order valence-electron chi connectivity index (χ1n) is 8.11. The van der Waals surface area contributed by atoms with Gasteiger partial charge in [-0.2, -0.15) is 13.2 Å². The van der Waals surface area contributed by atoms with Crippen molar-refractivity contribution in [1.82, 2.24) is 9.55 Å². The molecule has 0 aliphatic heterocycles. The van der Waals surface area contributed by atoms with Crippen LogP contribution in [0.15, 0.2) is 24.4 Å². The molecule has 0 saturated carbocycles. The van der Waals surface area contributed by atoms with Gasteiger partial charge in [0.2, 0.25) is 0 Å². The van der Waals surface area contributed by atoms with Gasteiger partial charge >= 0.3 is 6.18 Å². The van der Waals surface area contributed by atoms with Crippen molar-refractivity contribution >= 4 is 0 Å². The molecule has 0 aliphatic rings. The summed E-state index contributed by atoms with van der Waals surface area (Å²) in [7, 11) is 1.53. The Morgan fingerprint density at radius 3 is 2.46 bits per heavy atom. The Morgan fingerprint density at radius 1 is 1.21 bits per heavy atom. The predicted octanol–water partition coefficient (Wildman–Crippen LogP) is 4.75. The van der Waals surface area contributed by atoms with E-state index in [9.17, 15) is 13.2 Å². The van der Waals surface area contributed by atoms with E-state index in [2.05, 4.69) is 4.98 Å². The number of aromatic nitrogens is 2. The van der Waals surface area contributed by atoms with Crippen molar-refractivity contribution in [2.24, 2.45) is 5.92 Å². The lowest BCUT2D eigenvalue weighted by Crippen LogP contribution is -2.21. The number of hydrogen-bond acceptors (Lipinski definition) is 2. The quantitative estimate of drug-likeness (QED) is 0.759. The average Bonchev–Trinajstić information content (AvgIpc) is 2.97. The third-order valence-corrected chi connectivity index (χ3v) is 4.11. The van der Waals surface area contributed by atoms with Crippen molar-refractivity contribution in [2.45, 2.75) is 46.2 Å². The highest BCUT2D eigenvalue weighted by Crippen LogP contribution is 2.31. The van der Waals surface area contributed by atoms with Gasteiger partial charge in [-0.15, -0.1) is 0 Å². The first-order chi connectivity index (χ1) is 11.3. The van der Waals surface area contributed by atoms with Gasteiger partial charge in [-0.3, -0.25) is 4.57 Å². The Labute approximate surface area is 140 Å². The van der Waals surface area contributed by atoms with Crippen molar-refractivity contribution < 1.29 is 17.9 Å². The van der Waals surface area contributed by atoms with Gasteiger partial charge in [0.25, 0.3) is 0 Å². The number of benzene rings is 1. The summed E-state index contributed by atoms with van der Waals surface area (Å²) in [6.45, 7) is 5.24. The van der Waals surface area contributed by atoms with Gasteiger partial charge in [-0.25, -0.2) is 4.98 Å². The second kappa shape index (κ2) is 7.28. The zero-order valence-electron chi connectivity index (χ0n) is 14.4. The molecule has 0 saturated heterocycles. The number of aryl methyl sites for hydroxylation is 2. The van der Waals surface area contributed by atoms with Gasteiger partial charge < -0.3 is 4.74 Å². The van der Waals surface area contributed by atoms with Gasteiger partial charge in [0.15, 0.2) is 0 Å². The van der Waals surface area contributed by atoms with E-state index < -0.39 is 12.1 Å². The molecule has 0 radical (unpaired) electrons. The zero-order valence-corrected chi connectivity index (χ0v) is 14.4. The molecule has 0 N–H and O–H groups in total. The van der Waals surface area contributed by atoms with Crippen LogP contribution in [-0.2, 0) is 19.3 Å². The molecule has 0 aliphatic carbocycles. The molecule has 0 spiro atoms. The fraction of sp³-hybridized carbons (Fsp3) is 0.500. The van der Waals surface area contributed by atoms with Crippen LogP contribution in [0, 0.1) is 5.92 Å². The van der Waals surface area contributed by atoms with Crippen LogP contribution in [0.25, 0.3) is 5.69 Å². The molecule has 2 aromatic rings. The molecule has 24 heavy (non-hydrogen) atoms. The second-order valence-corrected chi connectivity index (χ2v) is 5.88. The fourth-order valence-corrected chi connectivity index (χ4v) is 2.62. The van der Waals surface area contributed by atoms with Crippen LogP contribution in [0.1, 0.15) is 37.9 Å². The lowest BCUT2D eigenvalue weighted by molar-refractivity contribution is -0.169. The van der Waals surface area contributed by atoms with E-state index in [0.29, 0.717) is 11.3 Å². The normalized spacial score (nSPS) is 13.1. The number of halogens is 3. The van der Waals surface area contributed by atoms with E-state index in [1.165, 1.54) is 14.0 Å². The molecule has 0 fully saturated rings.